The fraction of sp³-hybridized carbons (Fsp3) is 0.417. The molecular formula is C12H15Cl2NO4S. The van der Waals surface area contributed by atoms with Gasteiger partial charge in [-0.1, -0.05) is 36.2 Å². The minimum absolute atomic E-state index is 0.0453. The lowest BCUT2D eigenvalue weighted by molar-refractivity contribution is -0.141. The van der Waals surface area contributed by atoms with E-state index in [0.717, 1.165) is 0 Å². The van der Waals surface area contributed by atoms with Gasteiger partial charge in [0, 0.05) is 6.54 Å². The van der Waals surface area contributed by atoms with Gasteiger partial charge < -0.3 is 5.11 Å². The molecule has 1 aromatic rings. The highest BCUT2D eigenvalue weighted by molar-refractivity contribution is 7.89. The number of rotatable bonds is 7. The van der Waals surface area contributed by atoms with E-state index < -0.39 is 21.9 Å². The van der Waals surface area contributed by atoms with Crippen LogP contribution in [-0.2, 0) is 14.8 Å². The summed E-state index contributed by atoms with van der Waals surface area (Å²) in [6.07, 6.45) is 0.795. The van der Waals surface area contributed by atoms with Crippen molar-refractivity contribution < 1.29 is 18.3 Å². The number of halogens is 2. The minimum atomic E-state index is -3.80. The van der Waals surface area contributed by atoms with Crippen molar-refractivity contribution in [2.24, 2.45) is 5.92 Å². The third-order valence-electron chi connectivity index (χ3n) is 2.72. The number of sulfonamides is 1. The van der Waals surface area contributed by atoms with Crippen molar-refractivity contribution in [2.45, 2.75) is 24.7 Å². The number of hydrogen-bond donors (Lipinski definition) is 2. The van der Waals surface area contributed by atoms with Gasteiger partial charge in [-0.2, -0.15) is 0 Å². The van der Waals surface area contributed by atoms with E-state index >= 15 is 0 Å². The average Bonchev–Trinajstić information content (AvgIpc) is 2.33. The van der Waals surface area contributed by atoms with Crippen LogP contribution < -0.4 is 4.72 Å². The Hall–Kier alpha value is -0.820. The lowest BCUT2D eigenvalue weighted by Crippen LogP contribution is -2.26. The van der Waals surface area contributed by atoms with Crippen LogP contribution in [0.3, 0.4) is 0 Å². The van der Waals surface area contributed by atoms with E-state index in [0.29, 0.717) is 12.8 Å². The largest absolute Gasteiger partial charge is 0.481 e. The second-order valence-corrected chi connectivity index (χ2v) is 6.85. The van der Waals surface area contributed by atoms with Gasteiger partial charge in [-0.05, 0) is 25.0 Å². The van der Waals surface area contributed by atoms with Crippen molar-refractivity contribution >= 4 is 39.2 Å². The molecule has 0 spiro atoms. The number of hydrogen-bond acceptors (Lipinski definition) is 3. The highest BCUT2D eigenvalue weighted by Crippen LogP contribution is 2.28. The maximum Gasteiger partial charge on any atom is 0.306 e. The lowest BCUT2D eigenvalue weighted by atomic mass is 10.1. The number of carboxylic acid groups (broad SMARTS) is 1. The van der Waals surface area contributed by atoms with Gasteiger partial charge in [-0.25, -0.2) is 13.1 Å². The Morgan fingerprint density at radius 1 is 1.35 bits per heavy atom. The second-order valence-electron chi connectivity index (χ2n) is 4.33. The summed E-state index contributed by atoms with van der Waals surface area (Å²) < 4.78 is 26.5. The number of benzene rings is 1. The van der Waals surface area contributed by atoms with E-state index in [1.54, 1.807) is 13.0 Å². The topological polar surface area (TPSA) is 83.5 Å². The van der Waals surface area contributed by atoms with Crippen LogP contribution in [-0.4, -0.2) is 26.0 Å². The molecule has 0 aliphatic rings. The first kappa shape index (κ1) is 17.2. The molecule has 5 nitrogen and oxygen atoms in total. The molecule has 0 radical (unpaired) electrons. The molecule has 20 heavy (non-hydrogen) atoms. The van der Waals surface area contributed by atoms with Crippen molar-refractivity contribution in [3.05, 3.63) is 28.2 Å². The third-order valence-corrected chi connectivity index (χ3v) is 5.13. The van der Waals surface area contributed by atoms with Crippen LogP contribution in [0.5, 0.6) is 0 Å². The molecule has 0 fully saturated rings. The Kier molecular flexibility index (Phi) is 6.26. The predicted octanol–water partition coefficient (Wildman–Crippen LogP) is 2.77. The molecule has 0 heterocycles. The average molecular weight is 340 g/mol. The van der Waals surface area contributed by atoms with Crippen LogP contribution in [0, 0.1) is 5.92 Å². The number of carboxylic acids is 1. The third kappa shape index (κ3) is 4.63. The van der Waals surface area contributed by atoms with Crippen LogP contribution in [0.1, 0.15) is 19.8 Å². The van der Waals surface area contributed by atoms with Gasteiger partial charge >= 0.3 is 5.97 Å². The summed E-state index contributed by atoms with van der Waals surface area (Å²) in [7, 11) is -3.80. The van der Waals surface area contributed by atoms with E-state index in [9.17, 15) is 13.2 Å². The van der Waals surface area contributed by atoms with Gasteiger partial charge in [0.2, 0.25) is 10.0 Å². The number of nitrogens with one attached hydrogen (secondary N) is 1. The van der Waals surface area contributed by atoms with Crippen molar-refractivity contribution in [2.75, 3.05) is 6.54 Å². The maximum atomic E-state index is 12.1. The molecule has 1 unspecified atom stereocenters. The fourth-order valence-corrected chi connectivity index (χ4v) is 3.76. The number of aliphatic carboxylic acids is 1. The molecule has 0 aromatic heterocycles. The van der Waals surface area contributed by atoms with E-state index in [2.05, 4.69) is 4.72 Å². The van der Waals surface area contributed by atoms with E-state index in [-0.39, 0.29) is 21.5 Å². The fourth-order valence-electron chi connectivity index (χ4n) is 1.55. The minimum Gasteiger partial charge on any atom is -0.481 e. The molecule has 0 bridgehead atoms. The summed E-state index contributed by atoms with van der Waals surface area (Å²) in [6, 6.07) is 4.43. The zero-order chi connectivity index (χ0) is 15.3. The summed E-state index contributed by atoms with van der Waals surface area (Å²) in [4.78, 5) is 10.5. The normalized spacial score (nSPS) is 13.2. The highest BCUT2D eigenvalue weighted by atomic mass is 35.5. The van der Waals surface area contributed by atoms with Crippen molar-refractivity contribution in [1.29, 1.82) is 0 Å². The van der Waals surface area contributed by atoms with E-state index in [1.165, 1.54) is 12.1 Å². The maximum absolute atomic E-state index is 12.1. The molecule has 2 N–H and O–H groups in total. The first-order valence-corrected chi connectivity index (χ1v) is 8.16. The van der Waals surface area contributed by atoms with Gasteiger partial charge in [-0.15, -0.1) is 0 Å². The van der Waals surface area contributed by atoms with Crippen LogP contribution in [0.15, 0.2) is 23.1 Å². The lowest BCUT2D eigenvalue weighted by Gasteiger charge is -2.10. The van der Waals surface area contributed by atoms with Gasteiger partial charge in [0.1, 0.15) is 4.90 Å². The molecule has 0 saturated heterocycles. The van der Waals surface area contributed by atoms with Gasteiger partial charge in [-0.3, -0.25) is 4.79 Å². The quantitative estimate of drug-likeness (QED) is 0.748. The van der Waals surface area contributed by atoms with E-state index in [1.807, 2.05) is 0 Å². The summed E-state index contributed by atoms with van der Waals surface area (Å²) in [5.74, 6) is -1.41. The molecule has 0 aliphatic heterocycles. The summed E-state index contributed by atoms with van der Waals surface area (Å²) in [6.45, 7) is 1.70. The van der Waals surface area contributed by atoms with Gasteiger partial charge in [0.25, 0.3) is 0 Å². The van der Waals surface area contributed by atoms with Crippen molar-refractivity contribution in [3.63, 3.8) is 0 Å². The zero-order valence-corrected chi connectivity index (χ0v) is 13.1. The molecule has 0 saturated carbocycles. The first-order chi connectivity index (χ1) is 9.25. The summed E-state index contributed by atoms with van der Waals surface area (Å²) in [5, 5.41) is 8.81. The van der Waals surface area contributed by atoms with Gasteiger partial charge in [0.05, 0.1) is 16.0 Å². The molecule has 112 valence electrons. The van der Waals surface area contributed by atoms with Crippen LogP contribution in [0.2, 0.25) is 10.0 Å². The molecule has 1 aromatic carbocycles. The highest BCUT2D eigenvalue weighted by Gasteiger charge is 2.21. The monoisotopic (exact) mass is 339 g/mol. The Balaban J connectivity index is 2.65. The molecule has 0 amide bonds. The molecular weight excluding hydrogens is 325 g/mol. The Bertz CT molecular complexity index is 569. The summed E-state index contributed by atoms with van der Waals surface area (Å²) >= 11 is 11.7. The van der Waals surface area contributed by atoms with Gasteiger partial charge in [0.15, 0.2) is 0 Å². The van der Waals surface area contributed by atoms with Crippen molar-refractivity contribution in [1.82, 2.24) is 4.72 Å². The van der Waals surface area contributed by atoms with Crippen LogP contribution in [0.4, 0.5) is 0 Å². The Morgan fingerprint density at radius 3 is 2.40 bits per heavy atom. The molecule has 8 heteroatoms. The van der Waals surface area contributed by atoms with Crippen LogP contribution in [0.25, 0.3) is 0 Å². The molecule has 0 aliphatic carbocycles. The standard InChI is InChI=1S/C12H15Cl2NO4S/c1-8(12(16)17)4-3-7-15-20(18,19)11-9(13)5-2-6-10(11)14/h2,5-6,8,15H,3-4,7H2,1H3,(H,16,17). The SMILES string of the molecule is CC(CCCNS(=O)(=O)c1c(Cl)cccc1Cl)C(=O)O. The molecule has 1 atom stereocenters. The Morgan fingerprint density at radius 2 is 1.90 bits per heavy atom. The smallest absolute Gasteiger partial charge is 0.306 e. The molecule has 1 rings (SSSR count). The predicted molar refractivity (Wildman–Crippen MR) is 77.7 cm³/mol. The number of carbonyl (C=O) groups is 1. The van der Waals surface area contributed by atoms with E-state index in [4.69, 9.17) is 28.3 Å². The second kappa shape index (κ2) is 7.26. The first-order valence-electron chi connectivity index (χ1n) is 5.92. The summed E-state index contributed by atoms with van der Waals surface area (Å²) in [5.41, 5.74) is 0. The Labute approximate surface area is 127 Å². The zero-order valence-electron chi connectivity index (χ0n) is 10.8. The van der Waals surface area contributed by atoms with Crippen LogP contribution >= 0.6 is 23.2 Å². The van der Waals surface area contributed by atoms with Crippen molar-refractivity contribution in [3.8, 4) is 0 Å².